The number of aliphatic hydroxyl groups excluding tert-OH is 1. The lowest BCUT2D eigenvalue weighted by molar-refractivity contribution is -0.131. The Morgan fingerprint density at radius 3 is 2.00 bits per heavy atom. The van der Waals surface area contributed by atoms with Crippen molar-refractivity contribution in [3.8, 4) is 0 Å². The second kappa shape index (κ2) is 4.97. The van der Waals surface area contributed by atoms with Crippen LogP contribution >= 0.6 is 0 Å². The van der Waals surface area contributed by atoms with Gasteiger partial charge in [0.1, 0.15) is 0 Å². The Labute approximate surface area is 40.0 Å². The fraction of sp³-hybridized carbons (Fsp3) is 0. The molecular weight excluding hydrogens is 100 g/mol. The van der Waals surface area contributed by atoms with E-state index in [9.17, 15) is 4.79 Å². The van der Waals surface area contributed by atoms with Gasteiger partial charge in [-0.1, -0.05) is 0 Å². The number of aliphatic hydroxyl groups is 1. The van der Waals surface area contributed by atoms with Crippen molar-refractivity contribution in [3.05, 3.63) is 12.3 Å². The standard InChI is InChI=1S/C3H4O3.H2O/c4-2-1-3(5)6;/h1-2,4H,(H,5,6);1H2. The predicted molar refractivity (Wildman–Crippen MR) is 23.0 cm³/mol. The maximum Gasteiger partial charge on any atom is 0.331 e. The van der Waals surface area contributed by atoms with E-state index in [1.165, 1.54) is 0 Å². The van der Waals surface area contributed by atoms with Crippen LogP contribution in [0.15, 0.2) is 12.3 Å². The largest absolute Gasteiger partial charge is 0.515 e. The molecule has 0 aliphatic rings. The molecule has 0 atom stereocenters. The van der Waals surface area contributed by atoms with E-state index >= 15 is 0 Å². The van der Waals surface area contributed by atoms with Crippen molar-refractivity contribution in [2.45, 2.75) is 0 Å². The molecule has 4 nitrogen and oxygen atoms in total. The van der Waals surface area contributed by atoms with Crippen molar-refractivity contribution >= 4 is 5.97 Å². The first-order valence-electron chi connectivity index (χ1n) is 1.31. The second-order valence-corrected chi connectivity index (χ2v) is 0.654. The minimum Gasteiger partial charge on any atom is -0.515 e. The lowest BCUT2D eigenvalue weighted by Gasteiger charge is -1.68. The minimum atomic E-state index is -1.14. The zero-order chi connectivity index (χ0) is 4.99. The molecule has 0 amide bonds. The smallest absolute Gasteiger partial charge is 0.331 e. The summed E-state index contributed by atoms with van der Waals surface area (Å²) in [5.41, 5.74) is 0. The van der Waals surface area contributed by atoms with E-state index in [-0.39, 0.29) is 5.48 Å². The van der Waals surface area contributed by atoms with Crippen LogP contribution in [-0.2, 0) is 4.79 Å². The summed E-state index contributed by atoms with van der Waals surface area (Å²) in [7, 11) is 0. The van der Waals surface area contributed by atoms with Gasteiger partial charge in [-0.05, 0) is 0 Å². The van der Waals surface area contributed by atoms with Gasteiger partial charge in [0.15, 0.2) is 0 Å². The van der Waals surface area contributed by atoms with Crippen LogP contribution in [0, 0.1) is 0 Å². The molecule has 0 aliphatic heterocycles. The van der Waals surface area contributed by atoms with Gasteiger partial charge >= 0.3 is 5.97 Å². The lowest BCUT2D eigenvalue weighted by Crippen LogP contribution is -1.84. The zero-order valence-electron chi connectivity index (χ0n) is 3.46. The maximum absolute atomic E-state index is 9.35. The summed E-state index contributed by atoms with van der Waals surface area (Å²) < 4.78 is 0. The van der Waals surface area contributed by atoms with E-state index in [2.05, 4.69) is 0 Å². The quantitative estimate of drug-likeness (QED) is 0.342. The number of rotatable bonds is 1. The first kappa shape index (κ1) is 9.36. The van der Waals surface area contributed by atoms with Crippen molar-refractivity contribution in [2.24, 2.45) is 0 Å². The van der Waals surface area contributed by atoms with Crippen LogP contribution in [0.1, 0.15) is 0 Å². The highest BCUT2D eigenvalue weighted by Gasteiger charge is 1.78. The second-order valence-electron chi connectivity index (χ2n) is 0.654. The van der Waals surface area contributed by atoms with Crippen LogP contribution in [0.5, 0.6) is 0 Å². The van der Waals surface area contributed by atoms with Crippen molar-refractivity contribution in [1.82, 2.24) is 0 Å². The van der Waals surface area contributed by atoms with E-state index in [4.69, 9.17) is 10.2 Å². The molecule has 0 spiro atoms. The number of hydrogen-bond donors (Lipinski definition) is 2. The molecule has 7 heavy (non-hydrogen) atoms. The van der Waals surface area contributed by atoms with Gasteiger partial charge in [-0.25, -0.2) is 4.79 Å². The Balaban J connectivity index is 0. The average molecular weight is 106 g/mol. The van der Waals surface area contributed by atoms with Crippen LogP contribution in [0.25, 0.3) is 0 Å². The van der Waals surface area contributed by atoms with Crippen LogP contribution in [0.3, 0.4) is 0 Å². The van der Waals surface area contributed by atoms with Gasteiger partial charge in [0.2, 0.25) is 0 Å². The highest BCUT2D eigenvalue weighted by atomic mass is 16.4. The monoisotopic (exact) mass is 106 g/mol. The van der Waals surface area contributed by atoms with Gasteiger partial charge in [0, 0.05) is 0 Å². The third-order valence-electron chi connectivity index (χ3n) is 0.217. The molecule has 0 bridgehead atoms. The lowest BCUT2D eigenvalue weighted by atomic mass is 10.7. The Morgan fingerprint density at radius 1 is 1.57 bits per heavy atom. The molecule has 42 valence electrons. The third-order valence-corrected chi connectivity index (χ3v) is 0.217. The maximum atomic E-state index is 9.35. The molecule has 0 rings (SSSR count). The summed E-state index contributed by atoms with van der Waals surface area (Å²) in [6.45, 7) is 0. The van der Waals surface area contributed by atoms with Gasteiger partial charge in [-0.15, -0.1) is 0 Å². The van der Waals surface area contributed by atoms with Crippen molar-refractivity contribution < 1.29 is 20.5 Å². The van der Waals surface area contributed by atoms with E-state index in [1.807, 2.05) is 0 Å². The molecule has 0 aliphatic carbocycles. The number of hydrogen-bond acceptors (Lipinski definition) is 2. The SMILES string of the molecule is O.O=C(O)C=CO. The summed E-state index contributed by atoms with van der Waals surface area (Å²) in [4.78, 5) is 9.35. The first-order chi connectivity index (χ1) is 2.77. The van der Waals surface area contributed by atoms with Gasteiger partial charge in [0.05, 0.1) is 12.3 Å². The van der Waals surface area contributed by atoms with Gasteiger partial charge < -0.3 is 15.7 Å². The molecule has 0 heterocycles. The number of carboxylic acid groups (broad SMARTS) is 1. The summed E-state index contributed by atoms with van der Waals surface area (Å²) in [5, 5.41) is 15.3. The van der Waals surface area contributed by atoms with Crippen LogP contribution in [0.4, 0.5) is 0 Å². The molecule has 4 heteroatoms. The molecule has 0 saturated carbocycles. The molecular formula is C3H6O4. The summed E-state index contributed by atoms with van der Waals surface area (Å²) in [5.74, 6) is -1.14. The molecule has 0 aromatic carbocycles. The van der Waals surface area contributed by atoms with E-state index in [0.717, 1.165) is 0 Å². The van der Waals surface area contributed by atoms with E-state index < -0.39 is 5.97 Å². The zero-order valence-corrected chi connectivity index (χ0v) is 3.46. The number of aliphatic carboxylic acids is 1. The van der Waals surface area contributed by atoms with Gasteiger partial charge in [0.25, 0.3) is 0 Å². The van der Waals surface area contributed by atoms with Crippen molar-refractivity contribution in [3.63, 3.8) is 0 Å². The molecule has 0 saturated heterocycles. The molecule has 0 aromatic rings. The molecule has 0 aromatic heterocycles. The Bertz CT molecular complexity index is 75.0. The summed E-state index contributed by atoms with van der Waals surface area (Å²) in [6.07, 6.45) is 1.11. The van der Waals surface area contributed by atoms with E-state index in [0.29, 0.717) is 12.3 Å². The van der Waals surface area contributed by atoms with Crippen LogP contribution < -0.4 is 0 Å². The van der Waals surface area contributed by atoms with Crippen LogP contribution in [0.2, 0.25) is 0 Å². The Kier molecular flexibility index (Phi) is 6.64. The predicted octanol–water partition coefficient (Wildman–Crippen LogP) is -0.682. The van der Waals surface area contributed by atoms with Crippen molar-refractivity contribution in [1.29, 1.82) is 0 Å². The highest BCUT2D eigenvalue weighted by molar-refractivity contribution is 5.79. The highest BCUT2D eigenvalue weighted by Crippen LogP contribution is 1.62. The minimum absolute atomic E-state index is 0. The van der Waals surface area contributed by atoms with Gasteiger partial charge in [-0.2, -0.15) is 0 Å². The molecule has 0 fully saturated rings. The molecule has 0 unspecified atom stereocenters. The first-order valence-corrected chi connectivity index (χ1v) is 1.31. The van der Waals surface area contributed by atoms with Crippen LogP contribution in [-0.4, -0.2) is 21.7 Å². The molecule has 0 radical (unpaired) electrons. The topological polar surface area (TPSA) is 89.0 Å². The normalized spacial score (nSPS) is 8.00. The Hall–Kier alpha value is -1.03. The van der Waals surface area contributed by atoms with Gasteiger partial charge in [-0.3, -0.25) is 0 Å². The average Bonchev–Trinajstić information content (AvgIpc) is 1.35. The summed E-state index contributed by atoms with van der Waals surface area (Å²) >= 11 is 0. The number of carboxylic acids is 1. The Morgan fingerprint density at radius 2 is 2.00 bits per heavy atom. The molecule has 4 N–H and O–H groups in total. The third kappa shape index (κ3) is 11.3. The number of carbonyl (C=O) groups is 1. The fourth-order valence-corrected chi connectivity index (χ4v) is 0.0638. The summed E-state index contributed by atoms with van der Waals surface area (Å²) in [6, 6.07) is 0. The fourth-order valence-electron chi connectivity index (χ4n) is 0.0638. The van der Waals surface area contributed by atoms with Crippen molar-refractivity contribution in [2.75, 3.05) is 0 Å². The van der Waals surface area contributed by atoms with E-state index in [1.54, 1.807) is 0 Å².